The molecule has 0 heterocycles. The molecule has 0 saturated heterocycles. The molecule has 1 aromatic carbocycles. The molecule has 0 saturated carbocycles. The van der Waals surface area contributed by atoms with Crippen molar-refractivity contribution in [1.29, 1.82) is 0 Å². The van der Waals surface area contributed by atoms with Crippen molar-refractivity contribution in [2.24, 2.45) is 0 Å². The summed E-state index contributed by atoms with van der Waals surface area (Å²) in [5, 5.41) is 11.2. The van der Waals surface area contributed by atoms with Crippen LogP contribution in [0.3, 0.4) is 0 Å². The molecule has 1 unspecified atom stereocenters. The molecule has 0 aromatic heterocycles. The van der Waals surface area contributed by atoms with E-state index in [1.165, 1.54) is 0 Å². The minimum Gasteiger partial charge on any atom is -0.478 e. The van der Waals surface area contributed by atoms with Crippen LogP contribution in [0.4, 0.5) is 14.5 Å². The Morgan fingerprint density at radius 3 is 2.44 bits per heavy atom. The van der Waals surface area contributed by atoms with Crippen molar-refractivity contribution in [2.45, 2.75) is 25.8 Å². The number of aromatic carboxylic acids is 1. The van der Waals surface area contributed by atoms with Gasteiger partial charge in [0.2, 0.25) is 0 Å². The van der Waals surface area contributed by atoms with Gasteiger partial charge in [-0.3, -0.25) is 0 Å². The quantitative estimate of drug-likeness (QED) is 0.793. The lowest BCUT2D eigenvalue weighted by Gasteiger charge is -2.15. The standard InChI is InChI=1S/C13H13F2NO2/c1-3-5-9(4-2)16-12-10(14)6-8(13(17)18)7-11(12)15/h2,6-7,9,16H,3,5H2,1H3,(H,17,18). The van der Waals surface area contributed by atoms with Crippen molar-refractivity contribution in [3.63, 3.8) is 0 Å². The Bertz CT molecular complexity index is 471. The molecule has 0 bridgehead atoms. The zero-order valence-corrected chi connectivity index (χ0v) is 9.84. The average Bonchev–Trinajstić information content (AvgIpc) is 2.31. The van der Waals surface area contributed by atoms with E-state index < -0.39 is 34.9 Å². The van der Waals surface area contributed by atoms with E-state index in [-0.39, 0.29) is 0 Å². The van der Waals surface area contributed by atoms with Gasteiger partial charge in [0, 0.05) is 0 Å². The summed E-state index contributed by atoms with van der Waals surface area (Å²) in [6.07, 6.45) is 6.56. The van der Waals surface area contributed by atoms with Crippen LogP contribution < -0.4 is 5.32 Å². The van der Waals surface area contributed by atoms with E-state index >= 15 is 0 Å². The Labute approximate surface area is 104 Å². The van der Waals surface area contributed by atoms with Crippen LogP contribution in [-0.4, -0.2) is 17.1 Å². The van der Waals surface area contributed by atoms with Crippen molar-refractivity contribution in [1.82, 2.24) is 0 Å². The first-order valence-corrected chi connectivity index (χ1v) is 5.44. The fraction of sp³-hybridized carbons (Fsp3) is 0.308. The maximum absolute atomic E-state index is 13.6. The minimum absolute atomic E-state index is 0.392. The fourth-order valence-corrected chi connectivity index (χ4v) is 1.49. The van der Waals surface area contributed by atoms with Gasteiger partial charge in [-0.1, -0.05) is 19.3 Å². The molecule has 0 aliphatic carbocycles. The van der Waals surface area contributed by atoms with Crippen LogP contribution in [0.2, 0.25) is 0 Å². The van der Waals surface area contributed by atoms with E-state index in [1.807, 2.05) is 6.92 Å². The number of carbonyl (C=O) groups is 1. The zero-order chi connectivity index (χ0) is 13.7. The molecule has 1 aromatic rings. The Hall–Kier alpha value is -2.09. The summed E-state index contributed by atoms with van der Waals surface area (Å²) in [5.74, 6) is -0.943. The normalized spacial score (nSPS) is 11.7. The number of terminal acetylenes is 1. The molecule has 96 valence electrons. The van der Waals surface area contributed by atoms with Crippen molar-refractivity contribution in [3.05, 3.63) is 29.3 Å². The molecule has 0 spiro atoms. The Morgan fingerprint density at radius 1 is 1.50 bits per heavy atom. The second-order valence-electron chi connectivity index (χ2n) is 3.77. The number of anilines is 1. The van der Waals surface area contributed by atoms with Gasteiger partial charge in [0.15, 0.2) is 0 Å². The van der Waals surface area contributed by atoms with E-state index in [1.54, 1.807) is 0 Å². The van der Waals surface area contributed by atoms with Crippen LogP contribution in [0.5, 0.6) is 0 Å². The highest BCUT2D eigenvalue weighted by Crippen LogP contribution is 2.22. The van der Waals surface area contributed by atoms with Crippen LogP contribution in [0.1, 0.15) is 30.1 Å². The summed E-state index contributed by atoms with van der Waals surface area (Å²) < 4.78 is 27.1. The Morgan fingerprint density at radius 2 is 2.06 bits per heavy atom. The number of rotatable bonds is 5. The molecule has 0 aliphatic heterocycles. The third kappa shape index (κ3) is 3.20. The smallest absolute Gasteiger partial charge is 0.335 e. The number of halogens is 2. The molecule has 2 N–H and O–H groups in total. The highest BCUT2D eigenvalue weighted by atomic mass is 19.1. The molecule has 0 radical (unpaired) electrons. The summed E-state index contributed by atoms with van der Waals surface area (Å²) in [4.78, 5) is 10.6. The lowest BCUT2D eigenvalue weighted by atomic mass is 10.1. The van der Waals surface area contributed by atoms with E-state index in [0.717, 1.165) is 18.6 Å². The summed E-state index contributed by atoms with van der Waals surface area (Å²) >= 11 is 0. The van der Waals surface area contributed by atoms with Gasteiger partial charge in [-0.05, 0) is 18.6 Å². The maximum Gasteiger partial charge on any atom is 0.335 e. The summed E-state index contributed by atoms with van der Waals surface area (Å²) in [6, 6.07) is 1.02. The number of carboxylic acid groups (broad SMARTS) is 1. The van der Waals surface area contributed by atoms with Gasteiger partial charge < -0.3 is 10.4 Å². The predicted molar refractivity (Wildman–Crippen MR) is 64.5 cm³/mol. The molecule has 1 rings (SSSR count). The van der Waals surface area contributed by atoms with Gasteiger partial charge in [0.1, 0.15) is 17.3 Å². The third-order valence-electron chi connectivity index (χ3n) is 2.39. The lowest BCUT2D eigenvalue weighted by molar-refractivity contribution is 0.0696. The Kier molecular flexibility index (Phi) is 4.67. The maximum atomic E-state index is 13.6. The number of nitrogens with one attached hydrogen (secondary N) is 1. The van der Waals surface area contributed by atoms with Crippen LogP contribution in [0.15, 0.2) is 12.1 Å². The van der Waals surface area contributed by atoms with E-state index in [0.29, 0.717) is 6.42 Å². The van der Waals surface area contributed by atoms with Gasteiger partial charge in [0.05, 0.1) is 11.6 Å². The molecule has 5 heteroatoms. The second-order valence-corrected chi connectivity index (χ2v) is 3.77. The van der Waals surface area contributed by atoms with Gasteiger partial charge in [-0.15, -0.1) is 6.42 Å². The molecule has 0 fully saturated rings. The molecular formula is C13H13F2NO2. The van der Waals surface area contributed by atoms with Crippen molar-refractivity contribution in [3.8, 4) is 12.3 Å². The fourth-order valence-electron chi connectivity index (χ4n) is 1.49. The monoisotopic (exact) mass is 253 g/mol. The number of carboxylic acids is 1. The van der Waals surface area contributed by atoms with E-state index in [9.17, 15) is 13.6 Å². The first-order valence-electron chi connectivity index (χ1n) is 5.44. The van der Waals surface area contributed by atoms with Crippen molar-refractivity contribution >= 4 is 11.7 Å². The molecule has 1 atom stereocenters. The number of benzene rings is 1. The van der Waals surface area contributed by atoms with E-state index in [4.69, 9.17) is 11.5 Å². The van der Waals surface area contributed by atoms with Gasteiger partial charge in [-0.2, -0.15) is 0 Å². The first kappa shape index (κ1) is 14.0. The third-order valence-corrected chi connectivity index (χ3v) is 2.39. The molecule has 18 heavy (non-hydrogen) atoms. The highest BCUT2D eigenvalue weighted by Gasteiger charge is 2.16. The van der Waals surface area contributed by atoms with Crippen LogP contribution >= 0.6 is 0 Å². The molecule has 0 aliphatic rings. The summed E-state index contributed by atoms with van der Waals surface area (Å²) in [6.45, 7) is 1.90. The SMILES string of the molecule is C#CC(CCC)Nc1c(F)cc(C(=O)O)cc1F. The van der Waals surface area contributed by atoms with Crippen molar-refractivity contribution in [2.75, 3.05) is 5.32 Å². The highest BCUT2D eigenvalue weighted by molar-refractivity contribution is 5.88. The Balaban J connectivity index is 3.04. The predicted octanol–water partition coefficient (Wildman–Crippen LogP) is 2.88. The van der Waals surface area contributed by atoms with Crippen LogP contribution in [0, 0.1) is 24.0 Å². The van der Waals surface area contributed by atoms with Crippen LogP contribution in [0.25, 0.3) is 0 Å². The largest absolute Gasteiger partial charge is 0.478 e. The first-order chi connectivity index (χ1) is 8.49. The molecular weight excluding hydrogens is 240 g/mol. The topological polar surface area (TPSA) is 49.3 Å². The summed E-state index contributed by atoms with van der Waals surface area (Å²) in [5.41, 5.74) is -0.834. The lowest BCUT2D eigenvalue weighted by Crippen LogP contribution is -2.19. The number of hydrogen-bond donors (Lipinski definition) is 2. The van der Waals surface area contributed by atoms with E-state index in [2.05, 4.69) is 11.2 Å². The van der Waals surface area contributed by atoms with Gasteiger partial charge in [0.25, 0.3) is 0 Å². The van der Waals surface area contributed by atoms with Gasteiger partial charge in [-0.25, -0.2) is 13.6 Å². The second kappa shape index (κ2) is 6.01. The van der Waals surface area contributed by atoms with Crippen molar-refractivity contribution < 1.29 is 18.7 Å². The minimum atomic E-state index is -1.39. The zero-order valence-electron chi connectivity index (χ0n) is 9.84. The van der Waals surface area contributed by atoms with Crippen LogP contribution in [-0.2, 0) is 0 Å². The average molecular weight is 253 g/mol. The molecule has 3 nitrogen and oxygen atoms in total. The van der Waals surface area contributed by atoms with Gasteiger partial charge >= 0.3 is 5.97 Å². The number of hydrogen-bond acceptors (Lipinski definition) is 2. The summed E-state index contributed by atoms with van der Waals surface area (Å²) in [7, 11) is 0. The molecule has 0 amide bonds.